The first-order valence-electron chi connectivity index (χ1n) is 20.8. The summed E-state index contributed by atoms with van der Waals surface area (Å²) in [4.78, 5) is 65.6. The molecule has 0 aliphatic heterocycles. The third-order valence-corrected chi connectivity index (χ3v) is 10.2. The zero-order valence-corrected chi connectivity index (χ0v) is 35.6. The lowest BCUT2D eigenvalue weighted by molar-refractivity contribution is 0.0382. The summed E-state index contributed by atoms with van der Waals surface area (Å²) < 4.78 is 61.8. The van der Waals surface area contributed by atoms with Gasteiger partial charge in [-0.1, -0.05) is 63.1 Å². The lowest BCUT2D eigenvalue weighted by Crippen LogP contribution is -2.15. The largest absolute Gasteiger partial charge is 0.460 e. The van der Waals surface area contributed by atoms with Crippen molar-refractivity contribution in [1.82, 2.24) is 0 Å². The highest BCUT2D eigenvalue weighted by Gasteiger charge is 2.22. The van der Waals surface area contributed by atoms with Gasteiger partial charge in [0.25, 0.3) is 0 Å². The molecular formula is C52H42F2O11. The normalized spacial score (nSPS) is 11.0. The Bertz CT molecular complexity index is 2960. The van der Waals surface area contributed by atoms with Gasteiger partial charge in [0.15, 0.2) is 0 Å². The van der Waals surface area contributed by atoms with Crippen LogP contribution < -0.4 is 18.9 Å². The van der Waals surface area contributed by atoms with E-state index in [-0.39, 0.29) is 64.0 Å². The number of rotatable bonds is 16. The maximum Gasteiger partial charge on any atom is 0.346 e. The lowest BCUT2D eigenvalue weighted by atomic mass is 10.1. The van der Waals surface area contributed by atoms with Crippen molar-refractivity contribution >= 4 is 51.4 Å². The number of ether oxygens (including phenoxy) is 6. The molecule has 330 valence electrons. The summed E-state index contributed by atoms with van der Waals surface area (Å²) in [6.45, 7) is 3.93. The van der Waals surface area contributed by atoms with Crippen LogP contribution in [0.4, 0.5) is 8.78 Å². The van der Waals surface area contributed by atoms with Crippen molar-refractivity contribution in [2.45, 2.75) is 39.5 Å². The van der Waals surface area contributed by atoms with Crippen molar-refractivity contribution < 1.29 is 61.2 Å². The minimum absolute atomic E-state index is 0.0516. The number of carbonyl (C=O) groups excluding carboxylic acids is 5. The van der Waals surface area contributed by atoms with E-state index in [0.717, 1.165) is 24.0 Å². The Balaban J connectivity index is 1.03. The van der Waals surface area contributed by atoms with Crippen molar-refractivity contribution in [3.05, 3.63) is 178 Å². The van der Waals surface area contributed by atoms with E-state index >= 15 is 0 Å². The second-order valence-electron chi connectivity index (χ2n) is 14.9. The van der Waals surface area contributed by atoms with Gasteiger partial charge in [-0.2, -0.15) is 0 Å². The quantitative estimate of drug-likeness (QED) is 0.0520. The zero-order valence-electron chi connectivity index (χ0n) is 35.6. The Morgan fingerprint density at radius 2 is 0.877 bits per heavy atom. The van der Waals surface area contributed by atoms with Crippen molar-refractivity contribution in [2.24, 2.45) is 0 Å². The first-order valence-corrected chi connectivity index (χ1v) is 20.8. The van der Waals surface area contributed by atoms with Crippen molar-refractivity contribution in [3.63, 3.8) is 0 Å². The highest BCUT2D eigenvalue weighted by Crippen LogP contribution is 2.30. The molecular weight excluding hydrogens is 839 g/mol. The van der Waals surface area contributed by atoms with Crippen LogP contribution >= 0.6 is 0 Å². The SMILES string of the molecule is CCCc1ccc(C(=O)Oc2ccc3cc(C(=O)Oc4ccc(OC(=O)c5ccc6cc(OC(=O)c7ccc(CCC)cc7F)ccc6c5)c(C(=O)OCCOC)c4)ccc3c2)c(F)c1. The van der Waals surface area contributed by atoms with Crippen LogP contribution in [0.25, 0.3) is 21.5 Å². The second-order valence-corrected chi connectivity index (χ2v) is 14.9. The average molecular weight is 881 g/mol. The molecule has 0 atom stereocenters. The summed E-state index contributed by atoms with van der Waals surface area (Å²) >= 11 is 0. The van der Waals surface area contributed by atoms with Crippen LogP contribution in [-0.2, 0) is 22.3 Å². The van der Waals surface area contributed by atoms with E-state index in [9.17, 15) is 32.8 Å². The maximum atomic E-state index is 14.7. The van der Waals surface area contributed by atoms with Crippen molar-refractivity contribution in [2.75, 3.05) is 20.3 Å². The second kappa shape index (κ2) is 20.6. The molecule has 0 N–H and O–H groups in total. The van der Waals surface area contributed by atoms with Gasteiger partial charge < -0.3 is 28.4 Å². The first kappa shape index (κ1) is 45.3. The standard InChI is InChI=1S/C52H42F2O11/c1-4-6-31-8-19-42(45(53)24-31)51(58)63-39-16-14-33-26-37(12-10-35(33)28-39)48(55)62-41-18-21-47(44(30-41)50(57)61-23-22-60-3)65-49(56)38-13-11-36-29-40(17-15-34(36)27-38)64-52(59)43-20-9-32(7-5-2)25-46(43)54/h8-21,24-30H,4-7,22-23H2,1-3H3. The molecule has 0 bridgehead atoms. The van der Waals surface area contributed by atoms with Crippen molar-refractivity contribution in [1.29, 1.82) is 0 Å². The van der Waals surface area contributed by atoms with Gasteiger partial charge in [-0.25, -0.2) is 32.8 Å². The van der Waals surface area contributed by atoms with Crippen LogP contribution in [0.3, 0.4) is 0 Å². The van der Waals surface area contributed by atoms with Gasteiger partial charge in [0.2, 0.25) is 0 Å². The maximum absolute atomic E-state index is 14.7. The van der Waals surface area contributed by atoms with E-state index in [1.807, 2.05) is 13.8 Å². The summed E-state index contributed by atoms with van der Waals surface area (Å²) in [6.07, 6.45) is 3.04. The molecule has 0 heterocycles. The number of hydrogen-bond donors (Lipinski definition) is 0. The van der Waals surface area contributed by atoms with Gasteiger partial charge in [-0.05, 0) is 137 Å². The molecule has 0 fully saturated rings. The predicted octanol–water partition coefficient (Wildman–Crippen LogP) is 10.9. The number of aryl methyl sites for hydroxylation is 2. The molecule has 65 heavy (non-hydrogen) atoms. The number of methoxy groups -OCH3 is 1. The Morgan fingerprint density at radius 1 is 0.431 bits per heavy atom. The molecule has 0 saturated carbocycles. The van der Waals surface area contributed by atoms with E-state index in [2.05, 4.69) is 0 Å². The van der Waals surface area contributed by atoms with Crippen LogP contribution in [0.15, 0.2) is 127 Å². The molecule has 0 spiro atoms. The third kappa shape index (κ3) is 11.1. The molecule has 7 aromatic carbocycles. The molecule has 7 aromatic rings. The Labute approximate surface area is 372 Å². The summed E-state index contributed by atoms with van der Waals surface area (Å²) in [5.74, 6) is -5.36. The smallest absolute Gasteiger partial charge is 0.346 e. The highest BCUT2D eigenvalue weighted by molar-refractivity contribution is 6.01. The van der Waals surface area contributed by atoms with Gasteiger partial charge in [-0.15, -0.1) is 0 Å². The number of halogens is 2. The molecule has 0 aliphatic carbocycles. The Hall–Kier alpha value is -7.77. The molecule has 0 aromatic heterocycles. The number of benzene rings is 7. The third-order valence-electron chi connectivity index (χ3n) is 10.2. The molecule has 0 aliphatic rings. The fourth-order valence-electron chi connectivity index (χ4n) is 6.93. The minimum atomic E-state index is -0.876. The molecule has 11 nitrogen and oxygen atoms in total. The number of esters is 5. The molecule has 0 unspecified atom stereocenters. The molecule has 7 rings (SSSR count). The van der Waals surface area contributed by atoms with Gasteiger partial charge >= 0.3 is 29.8 Å². The first-order chi connectivity index (χ1) is 31.4. The molecule has 0 saturated heterocycles. The Morgan fingerprint density at radius 3 is 1.37 bits per heavy atom. The summed E-state index contributed by atoms with van der Waals surface area (Å²) in [6, 6.07) is 31.5. The van der Waals surface area contributed by atoms with Gasteiger partial charge in [0.05, 0.1) is 28.9 Å². The van der Waals surface area contributed by atoms with Crippen LogP contribution in [0.2, 0.25) is 0 Å². The van der Waals surface area contributed by atoms with Gasteiger partial charge in [0.1, 0.15) is 46.8 Å². The summed E-state index contributed by atoms with van der Waals surface area (Å²) in [7, 11) is 1.43. The number of carbonyl (C=O) groups is 5. The van der Waals surface area contributed by atoms with Gasteiger partial charge in [-0.3, -0.25) is 0 Å². The van der Waals surface area contributed by atoms with E-state index in [4.69, 9.17) is 28.4 Å². The fraction of sp³-hybridized carbons (Fsp3) is 0.173. The van der Waals surface area contributed by atoms with Crippen LogP contribution in [0, 0.1) is 11.6 Å². The van der Waals surface area contributed by atoms with E-state index in [1.54, 1.807) is 60.7 Å². The van der Waals surface area contributed by atoms with Crippen LogP contribution in [0.5, 0.6) is 23.0 Å². The summed E-state index contributed by atoms with van der Waals surface area (Å²) in [5, 5.41) is 2.43. The number of fused-ring (bicyclic) bond motifs is 2. The van der Waals surface area contributed by atoms with E-state index < -0.39 is 41.5 Å². The van der Waals surface area contributed by atoms with E-state index in [0.29, 0.717) is 34.4 Å². The highest BCUT2D eigenvalue weighted by atomic mass is 19.1. The van der Waals surface area contributed by atoms with E-state index in [1.165, 1.54) is 73.8 Å². The lowest BCUT2D eigenvalue weighted by Gasteiger charge is -2.13. The predicted molar refractivity (Wildman–Crippen MR) is 237 cm³/mol. The van der Waals surface area contributed by atoms with Crippen molar-refractivity contribution in [3.8, 4) is 23.0 Å². The summed E-state index contributed by atoms with van der Waals surface area (Å²) in [5.41, 5.74) is 1.26. The van der Waals surface area contributed by atoms with Crippen LogP contribution in [-0.4, -0.2) is 50.2 Å². The minimum Gasteiger partial charge on any atom is -0.460 e. The Kier molecular flexibility index (Phi) is 14.3. The molecule has 13 heteroatoms. The topological polar surface area (TPSA) is 141 Å². The monoisotopic (exact) mass is 880 g/mol. The molecule has 0 radical (unpaired) electrons. The zero-order chi connectivity index (χ0) is 46.0. The van der Waals surface area contributed by atoms with Crippen LogP contribution in [0.1, 0.15) is 89.6 Å². The number of hydrogen-bond acceptors (Lipinski definition) is 11. The fourth-order valence-corrected chi connectivity index (χ4v) is 6.93. The van der Waals surface area contributed by atoms with Gasteiger partial charge in [0, 0.05) is 7.11 Å². The average Bonchev–Trinajstić information content (AvgIpc) is 3.29. The molecule has 0 amide bonds.